The van der Waals surface area contributed by atoms with Gasteiger partial charge in [0.05, 0.1) is 18.1 Å². The van der Waals surface area contributed by atoms with Crippen molar-refractivity contribution in [3.63, 3.8) is 0 Å². The number of hydrogen-bond donors (Lipinski definition) is 2. The van der Waals surface area contributed by atoms with Crippen LogP contribution in [-0.4, -0.2) is 56.6 Å². The predicted octanol–water partition coefficient (Wildman–Crippen LogP) is 1.08. The predicted molar refractivity (Wildman–Crippen MR) is 106 cm³/mol. The molecule has 28 heavy (non-hydrogen) atoms. The van der Waals surface area contributed by atoms with Crippen LogP contribution in [0.25, 0.3) is 10.9 Å². The Bertz CT molecular complexity index is 1010. The number of sulfonamides is 1. The fourth-order valence-corrected chi connectivity index (χ4v) is 4.47. The van der Waals surface area contributed by atoms with Crippen molar-refractivity contribution in [1.82, 2.24) is 14.6 Å². The fourth-order valence-electron chi connectivity index (χ4n) is 3.23. The van der Waals surface area contributed by atoms with E-state index in [9.17, 15) is 18.0 Å². The zero-order chi connectivity index (χ0) is 20.3. The molecular formula is C19H25N3O5S. The molecule has 2 N–H and O–H groups in total. The Morgan fingerprint density at radius 1 is 1.21 bits per heavy atom. The Kier molecular flexibility index (Phi) is 6.17. The molecule has 1 saturated heterocycles. The molecule has 0 saturated carbocycles. The SMILES string of the molecule is CC(C)C[C@@H](NS(=O)(=O)c1ccc2[nH]c(=O)ccc2c1)C(=O)N1CCOCC1. The Morgan fingerprint density at radius 3 is 2.61 bits per heavy atom. The normalized spacial score (nSPS) is 16.5. The summed E-state index contributed by atoms with van der Waals surface area (Å²) in [4.78, 5) is 28.6. The molecule has 1 aliphatic rings. The third-order valence-electron chi connectivity index (χ3n) is 4.63. The molecule has 1 aromatic heterocycles. The summed E-state index contributed by atoms with van der Waals surface area (Å²) in [5.41, 5.74) is 0.295. The smallest absolute Gasteiger partial charge is 0.248 e. The van der Waals surface area contributed by atoms with Crippen LogP contribution in [-0.2, 0) is 19.6 Å². The summed E-state index contributed by atoms with van der Waals surface area (Å²) in [7, 11) is -3.91. The van der Waals surface area contributed by atoms with Crippen LogP contribution in [0.4, 0.5) is 0 Å². The number of carbonyl (C=O) groups excluding carboxylic acids is 1. The van der Waals surface area contributed by atoms with Crippen molar-refractivity contribution in [2.24, 2.45) is 5.92 Å². The quantitative estimate of drug-likeness (QED) is 0.745. The lowest BCUT2D eigenvalue weighted by atomic mass is 10.0. The highest BCUT2D eigenvalue weighted by atomic mass is 32.2. The second kappa shape index (κ2) is 8.42. The first kappa shape index (κ1) is 20.5. The molecule has 8 nitrogen and oxygen atoms in total. The number of nitrogens with zero attached hydrogens (tertiary/aromatic N) is 1. The number of ether oxygens (including phenoxy) is 1. The lowest BCUT2D eigenvalue weighted by Crippen LogP contribution is -2.52. The first-order valence-electron chi connectivity index (χ1n) is 9.28. The van der Waals surface area contributed by atoms with Gasteiger partial charge in [-0.3, -0.25) is 9.59 Å². The standard InChI is InChI=1S/C19H25N3O5S/c1-13(2)11-17(19(24)22-7-9-27-10-8-22)21-28(25,26)15-4-5-16-14(12-15)3-6-18(23)20-16/h3-6,12-13,17,21H,7-11H2,1-2H3,(H,20,23)/t17-/m1/s1. The van der Waals surface area contributed by atoms with Gasteiger partial charge >= 0.3 is 0 Å². The van der Waals surface area contributed by atoms with E-state index in [1.165, 1.54) is 18.2 Å². The van der Waals surface area contributed by atoms with Crippen molar-refractivity contribution in [1.29, 1.82) is 0 Å². The van der Waals surface area contributed by atoms with E-state index in [4.69, 9.17) is 4.74 Å². The van der Waals surface area contributed by atoms with Gasteiger partial charge in [0, 0.05) is 24.7 Å². The van der Waals surface area contributed by atoms with Crippen molar-refractivity contribution in [2.75, 3.05) is 26.3 Å². The minimum atomic E-state index is -3.91. The van der Waals surface area contributed by atoms with Gasteiger partial charge in [-0.2, -0.15) is 4.72 Å². The number of fused-ring (bicyclic) bond motifs is 1. The topological polar surface area (TPSA) is 109 Å². The number of nitrogens with one attached hydrogen (secondary N) is 2. The third kappa shape index (κ3) is 4.78. The van der Waals surface area contributed by atoms with E-state index in [0.29, 0.717) is 43.6 Å². The Balaban J connectivity index is 1.86. The first-order valence-corrected chi connectivity index (χ1v) is 10.8. The minimum absolute atomic E-state index is 0.0515. The van der Waals surface area contributed by atoms with Crippen LogP contribution < -0.4 is 10.3 Å². The maximum atomic E-state index is 12.9. The van der Waals surface area contributed by atoms with Crippen molar-refractivity contribution in [3.05, 3.63) is 40.7 Å². The molecular weight excluding hydrogens is 382 g/mol. The number of carbonyl (C=O) groups is 1. The average molecular weight is 407 g/mol. The highest BCUT2D eigenvalue weighted by Gasteiger charge is 2.30. The van der Waals surface area contributed by atoms with E-state index in [-0.39, 0.29) is 22.3 Å². The summed E-state index contributed by atoms with van der Waals surface area (Å²) < 4.78 is 33.7. The number of hydrogen-bond acceptors (Lipinski definition) is 5. The number of rotatable bonds is 6. The van der Waals surface area contributed by atoms with Gasteiger partial charge in [-0.1, -0.05) is 13.8 Å². The second-order valence-electron chi connectivity index (χ2n) is 7.31. The molecule has 9 heteroatoms. The van der Waals surface area contributed by atoms with E-state index in [1.807, 2.05) is 13.8 Å². The molecule has 1 atom stereocenters. The average Bonchev–Trinajstić information content (AvgIpc) is 2.66. The molecule has 1 aromatic carbocycles. The number of pyridine rings is 1. The number of amides is 1. The molecule has 2 heterocycles. The van der Waals surface area contributed by atoms with Gasteiger partial charge in [0.25, 0.3) is 0 Å². The number of aromatic amines is 1. The highest BCUT2D eigenvalue weighted by molar-refractivity contribution is 7.89. The molecule has 2 aromatic rings. The van der Waals surface area contributed by atoms with Crippen LogP contribution in [0.3, 0.4) is 0 Å². The van der Waals surface area contributed by atoms with Gasteiger partial charge in [0.15, 0.2) is 0 Å². The number of H-pyrrole nitrogens is 1. The van der Waals surface area contributed by atoms with E-state index in [2.05, 4.69) is 9.71 Å². The van der Waals surface area contributed by atoms with Crippen LogP contribution in [0, 0.1) is 5.92 Å². The number of aromatic nitrogens is 1. The summed E-state index contributed by atoms with van der Waals surface area (Å²) in [5, 5.41) is 0.599. The van der Waals surface area contributed by atoms with Crippen LogP contribution in [0.2, 0.25) is 0 Å². The highest BCUT2D eigenvalue weighted by Crippen LogP contribution is 2.18. The minimum Gasteiger partial charge on any atom is -0.378 e. The summed E-state index contributed by atoms with van der Waals surface area (Å²) >= 11 is 0. The van der Waals surface area contributed by atoms with Crippen LogP contribution in [0.15, 0.2) is 40.0 Å². The van der Waals surface area contributed by atoms with Gasteiger partial charge < -0.3 is 14.6 Å². The molecule has 0 spiro atoms. The number of morpholine rings is 1. The van der Waals surface area contributed by atoms with Crippen LogP contribution >= 0.6 is 0 Å². The van der Waals surface area contributed by atoms with Crippen LogP contribution in [0.1, 0.15) is 20.3 Å². The Hall–Kier alpha value is -2.23. The Morgan fingerprint density at radius 2 is 1.93 bits per heavy atom. The van der Waals surface area contributed by atoms with Gasteiger partial charge in [-0.25, -0.2) is 8.42 Å². The molecule has 0 radical (unpaired) electrons. The number of benzene rings is 1. The molecule has 1 fully saturated rings. The van der Waals surface area contributed by atoms with Crippen molar-refractivity contribution < 1.29 is 17.9 Å². The van der Waals surface area contributed by atoms with Gasteiger partial charge in [0.1, 0.15) is 6.04 Å². The largest absolute Gasteiger partial charge is 0.378 e. The zero-order valence-corrected chi connectivity index (χ0v) is 16.8. The molecule has 0 unspecified atom stereocenters. The second-order valence-corrected chi connectivity index (χ2v) is 9.03. The third-order valence-corrected chi connectivity index (χ3v) is 6.10. The molecule has 0 bridgehead atoms. The summed E-state index contributed by atoms with van der Waals surface area (Å²) in [6.07, 6.45) is 0.399. The van der Waals surface area contributed by atoms with Crippen molar-refractivity contribution in [2.45, 2.75) is 31.2 Å². The van der Waals surface area contributed by atoms with Gasteiger partial charge in [0.2, 0.25) is 21.5 Å². The zero-order valence-electron chi connectivity index (χ0n) is 16.0. The fraction of sp³-hybridized carbons (Fsp3) is 0.474. The van der Waals surface area contributed by atoms with E-state index in [1.54, 1.807) is 17.0 Å². The lowest BCUT2D eigenvalue weighted by Gasteiger charge is -2.31. The molecule has 3 rings (SSSR count). The first-order chi connectivity index (χ1) is 13.3. The maximum Gasteiger partial charge on any atom is 0.248 e. The van der Waals surface area contributed by atoms with Crippen molar-refractivity contribution >= 4 is 26.8 Å². The lowest BCUT2D eigenvalue weighted by molar-refractivity contribution is -0.137. The summed E-state index contributed by atoms with van der Waals surface area (Å²) in [5.74, 6) is -0.0925. The van der Waals surface area contributed by atoms with E-state index >= 15 is 0 Å². The Labute approximate surface area is 163 Å². The van der Waals surface area contributed by atoms with Crippen LogP contribution in [0.5, 0.6) is 0 Å². The van der Waals surface area contributed by atoms with E-state index in [0.717, 1.165) is 0 Å². The monoisotopic (exact) mass is 407 g/mol. The van der Waals surface area contributed by atoms with Gasteiger partial charge in [-0.05, 0) is 42.0 Å². The molecule has 152 valence electrons. The van der Waals surface area contributed by atoms with Gasteiger partial charge in [-0.15, -0.1) is 0 Å². The summed E-state index contributed by atoms with van der Waals surface area (Å²) in [6.45, 7) is 5.71. The molecule has 1 amide bonds. The van der Waals surface area contributed by atoms with Crippen molar-refractivity contribution in [3.8, 4) is 0 Å². The summed E-state index contributed by atoms with van der Waals surface area (Å²) in [6, 6.07) is 6.53. The van der Waals surface area contributed by atoms with E-state index < -0.39 is 16.1 Å². The molecule has 1 aliphatic heterocycles. The maximum absolute atomic E-state index is 12.9. The molecule has 0 aliphatic carbocycles.